The van der Waals surface area contributed by atoms with Crippen LogP contribution in [0.5, 0.6) is 0 Å². The molecule has 9 heteroatoms. The van der Waals surface area contributed by atoms with Crippen molar-refractivity contribution in [3.05, 3.63) is 41.6 Å². The molecule has 3 heterocycles. The number of aromatic nitrogens is 4. The fourth-order valence-electron chi connectivity index (χ4n) is 4.43. The van der Waals surface area contributed by atoms with Gasteiger partial charge in [-0.15, -0.1) is 0 Å². The van der Waals surface area contributed by atoms with Crippen LogP contribution in [0.3, 0.4) is 0 Å². The van der Waals surface area contributed by atoms with Crippen LogP contribution in [0.4, 0.5) is 15.9 Å². The molecule has 3 atom stereocenters. The minimum atomic E-state index is -0.423. The Labute approximate surface area is 191 Å². The quantitative estimate of drug-likeness (QED) is 0.502. The molecular weight excluding hydrogens is 431 g/mol. The van der Waals surface area contributed by atoms with Crippen molar-refractivity contribution in [3.63, 3.8) is 0 Å². The summed E-state index contributed by atoms with van der Waals surface area (Å²) in [4.78, 5) is 24.3. The highest BCUT2D eigenvalue weighted by Gasteiger charge is 2.30. The van der Waals surface area contributed by atoms with Gasteiger partial charge in [-0.1, -0.05) is 31.9 Å². The highest BCUT2D eigenvalue weighted by Crippen LogP contribution is 2.29. The van der Waals surface area contributed by atoms with Gasteiger partial charge in [0.15, 0.2) is 11.4 Å². The van der Waals surface area contributed by atoms with Crippen molar-refractivity contribution in [2.24, 2.45) is 11.8 Å². The van der Waals surface area contributed by atoms with Gasteiger partial charge in [0.1, 0.15) is 18.0 Å². The van der Waals surface area contributed by atoms with Crippen LogP contribution in [0, 0.1) is 17.7 Å². The molecule has 7 nitrogen and oxygen atoms in total. The molecule has 1 saturated heterocycles. The minimum absolute atomic E-state index is 0.108. The summed E-state index contributed by atoms with van der Waals surface area (Å²) in [6.45, 7) is 5.73. The average molecular weight is 459 g/mol. The SMILES string of the molecule is CC[C@@H](C)[C@@H](Nc1cc(F)cc(Cl)c1)C(=O)C[C@@H]1CCCN(c2ncnc3[nH]ncc23)C1. The number of ketones is 1. The first-order chi connectivity index (χ1) is 15.4. The van der Waals surface area contributed by atoms with E-state index in [-0.39, 0.29) is 17.6 Å². The molecule has 2 N–H and O–H groups in total. The van der Waals surface area contributed by atoms with E-state index in [0.29, 0.717) is 22.8 Å². The highest BCUT2D eigenvalue weighted by atomic mass is 35.5. The van der Waals surface area contributed by atoms with Gasteiger partial charge in [0.2, 0.25) is 0 Å². The zero-order chi connectivity index (χ0) is 22.7. The zero-order valence-corrected chi connectivity index (χ0v) is 19.1. The Morgan fingerprint density at radius 2 is 2.22 bits per heavy atom. The number of aromatic amines is 1. The van der Waals surface area contributed by atoms with E-state index in [1.165, 1.54) is 18.5 Å². The van der Waals surface area contributed by atoms with Crippen molar-refractivity contribution < 1.29 is 9.18 Å². The summed E-state index contributed by atoms with van der Waals surface area (Å²) in [6, 6.07) is 3.89. The minimum Gasteiger partial charge on any atom is -0.375 e. The molecule has 1 aliphatic rings. The number of anilines is 2. The predicted molar refractivity (Wildman–Crippen MR) is 125 cm³/mol. The number of carbonyl (C=O) groups excluding carboxylic acids is 1. The molecule has 4 rings (SSSR count). The van der Waals surface area contributed by atoms with E-state index >= 15 is 0 Å². The van der Waals surface area contributed by atoms with Gasteiger partial charge >= 0.3 is 0 Å². The van der Waals surface area contributed by atoms with Gasteiger partial charge < -0.3 is 10.2 Å². The second-order valence-corrected chi connectivity index (χ2v) is 9.06. The molecule has 0 saturated carbocycles. The molecule has 0 aliphatic carbocycles. The molecule has 32 heavy (non-hydrogen) atoms. The molecule has 1 aliphatic heterocycles. The number of nitrogens with one attached hydrogen (secondary N) is 2. The van der Waals surface area contributed by atoms with Crippen LogP contribution in [0.25, 0.3) is 11.0 Å². The molecule has 1 aromatic carbocycles. The molecule has 0 amide bonds. The lowest BCUT2D eigenvalue weighted by Crippen LogP contribution is -2.41. The maximum atomic E-state index is 13.8. The van der Waals surface area contributed by atoms with Gasteiger partial charge in [-0.3, -0.25) is 9.89 Å². The second-order valence-electron chi connectivity index (χ2n) is 8.62. The number of fused-ring (bicyclic) bond motifs is 1. The molecule has 2 aromatic heterocycles. The number of Topliss-reactive ketones (excluding diaryl/α,β-unsaturated/α-hetero) is 1. The van der Waals surface area contributed by atoms with Crippen molar-refractivity contribution in [1.82, 2.24) is 20.2 Å². The number of nitrogens with zero attached hydrogens (tertiary/aromatic N) is 4. The fraction of sp³-hybridized carbons (Fsp3) is 0.478. The Bertz CT molecular complexity index is 1070. The number of halogens is 2. The monoisotopic (exact) mass is 458 g/mol. The third kappa shape index (κ3) is 5.01. The highest BCUT2D eigenvalue weighted by molar-refractivity contribution is 6.30. The summed E-state index contributed by atoms with van der Waals surface area (Å²) in [7, 11) is 0. The van der Waals surface area contributed by atoms with Gasteiger partial charge in [-0.25, -0.2) is 14.4 Å². The van der Waals surface area contributed by atoms with Gasteiger partial charge in [0, 0.05) is 30.2 Å². The number of hydrogen-bond donors (Lipinski definition) is 2. The van der Waals surface area contributed by atoms with Gasteiger partial charge in [-0.05, 0) is 42.9 Å². The summed E-state index contributed by atoms with van der Waals surface area (Å²) in [5.41, 5.74) is 1.24. The number of H-pyrrole nitrogens is 1. The second kappa shape index (κ2) is 9.81. The average Bonchev–Trinajstić information content (AvgIpc) is 3.25. The van der Waals surface area contributed by atoms with Crippen LogP contribution in [0.15, 0.2) is 30.7 Å². The molecule has 170 valence electrons. The third-order valence-corrected chi connectivity index (χ3v) is 6.50. The topological polar surface area (TPSA) is 86.8 Å². The van der Waals surface area contributed by atoms with Crippen molar-refractivity contribution in [3.8, 4) is 0 Å². The molecule has 0 bridgehead atoms. The number of rotatable bonds is 8. The van der Waals surface area contributed by atoms with E-state index in [2.05, 4.69) is 37.3 Å². The maximum Gasteiger partial charge on any atom is 0.160 e. The molecular formula is C23H28ClFN6O. The molecule has 3 aromatic rings. The number of benzene rings is 1. The van der Waals surface area contributed by atoms with Gasteiger partial charge in [0.05, 0.1) is 17.6 Å². The fourth-order valence-corrected chi connectivity index (χ4v) is 4.65. The van der Waals surface area contributed by atoms with Crippen LogP contribution >= 0.6 is 11.6 Å². The first-order valence-corrected chi connectivity index (χ1v) is 11.5. The lowest BCUT2D eigenvalue weighted by molar-refractivity contribution is -0.121. The predicted octanol–water partition coefficient (Wildman–Crippen LogP) is 4.85. The molecule has 1 fully saturated rings. The Balaban J connectivity index is 1.47. The standard InChI is InChI=1S/C23H28ClFN6O/c1-3-14(2)21(29-18-9-16(24)8-17(25)10-18)20(32)7-15-5-4-6-31(12-15)23-19-11-28-30-22(19)26-13-27-23/h8-11,13-15,21,29H,3-7,12H2,1-2H3,(H,26,27,28,30)/t14-,15+,21-/m1/s1. The van der Waals surface area contributed by atoms with E-state index in [9.17, 15) is 9.18 Å². The first-order valence-electron chi connectivity index (χ1n) is 11.1. The van der Waals surface area contributed by atoms with Gasteiger partial charge in [0.25, 0.3) is 0 Å². The van der Waals surface area contributed by atoms with E-state index in [1.54, 1.807) is 12.3 Å². The van der Waals surface area contributed by atoms with E-state index < -0.39 is 11.9 Å². The summed E-state index contributed by atoms with van der Waals surface area (Å²) in [6.07, 6.45) is 6.55. The largest absolute Gasteiger partial charge is 0.375 e. The van der Waals surface area contributed by atoms with Crippen LogP contribution in [0.1, 0.15) is 39.5 Å². The van der Waals surface area contributed by atoms with Crippen molar-refractivity contribution in [2.75, 3.05) is 23.3 Å². The van der Waals surface area contributed by atoms with Gasteiger partial charge in [-0.2, -0.15) is 5.10 Å². The molecule has 0 unspecified atom stereocenters. The smallest absolute Gasteiger partial charge is 0.160 e. The first kappa shape index (κ1) is 22.5. The van der Waals surface area contributed by atoms with E-state index in [0.717, 1.165) is 43.6 Å². The number of piperidine rings is 1. The molecule has 0 radical (unpaired) electrons. The van der Waals surface area contributed by atoms with Crippen LogP contribution in [-0.2, 0) is 4.79 Å². The zero-order valence-electron chi connectivity index (χ0n) is 18.3. The Kier molecular flexibility index (Phi) is 6.89. The third-order valence-electron chi connectivity index (χ3n) is 6.28. The van der Waals surface area contributed by atoms with E-state index in [4.69, 9.17) is 11.6 Å². The summed E-state index contributed by atoms with van der Waals surface area (Å²) >= 11 is 6.00. The van der Waals surface area contributed by atoms with Crippen molar-refractivity contribution in [2.45, 2.75) is 45.6 Å². The Morgan fingerprint density at radius 3 is 3.00 bits per heavy atom. The lowest BCUT2D eigenvalue weighted by atomic mass is 9.86. The Hall–Kier alpha value is -2.74. The van der Waals surface area contributed by atoms with Crippen LogP contribution < -0.4 is 10.2 Å². The van der Waals surface area contributed by atoms with Crippen LogP contribution in [-0.4, -0.2) is 45.1 Å². The number of hydrogen-bond acceptors (Lipinski definition) is 6. The summed E-state index contributed by atoms with van der Waals surface area (Å²) in [5.74, 6) is 0.901. The summed E-state index contributed by atoms with van der Waals surface area (Å²) in [5, 5.41) is 11.4. The maximum absolute atomic E-state index is 13.8. The molecule has 0 spiro atoms. The van der Waals surface area contributed by atoms with E-state index in [1.807, 2.05) is 6.92 Å². The Morgan fingerprint density at radius 1 is 1.38 bits per heavy atom. The lowest BCUT2D eigenvalue weighted by Gasteiger charge is -2.34. The normalized spacial score (nSPS) is 18.5. The number of carbonyl (C=O) groups is 1. The summed E-state index contributed by atoms with van der Waals surface area (Å²) < 4.78 is 13.8. The van der Waals surface area contributed by atoms with Crippen molar-refractivity contribution >= 4 is 39.9 Å². The van der Waals surface area contributed by atoms with Crippen molar-refractivity contribution in [1.29, 1.82) is 0 Å². The van der Waals surface area contributed by atoms with Crippen LogP contribution in [0.2, 0.25) is 5.02 Å².